The molecule has 0 saturated heterocycles. The molecule has 1 aliphatic rings. The number of alkyl halides is 3. The van der Waals surface area contributed by atoms with Crippen LogP contribution < -0.4 is 4.90 Å². The lowest BCUT2D eigenvalue weighted by Crippen LogP contribution is -2.43. The van der Waals surface area contributed by atoms with Gasteiger partial charge in [-0.1, -0.05) is 11.6 Å². The van der Waals surface area contributed by atoms with Gasteiger partial charge in [0.2, 0.25) is 0 Å². The van der Waals surface area contributed by atoms with Crippen molar-refractivity contribution in [3.8, 4) is 0 Å². The molecule has 0 radical (unpaired) electrons. The van der Waals surface area contributed by atoms with Crippen molar-refractivity contribution in [2.24, 2.45) is 0 Å². The molecule has 1 aromatic carbocycles. The fraction of sp³-hybridized carbons (Fsp3) is 0.238. The largest absolute Gasteiger partial charge is 0.417 e. The van der Waals surface area contributed by atoms with Crippen molar-refractivity contribution >= 4 is 42.5 Å². The maximum Gasteiger partial charge on any atom is 0.417 e. The van der Waals surface area contributed by atoms with Crippen molar-refractivity contribution in [3.63, 3.8) is 0 Å². The van der Waals surface area contributed by atoms with Crippen LogP contribution in [-0.4, -0.2) is 33.0 Å². The van der Waals surface area contributed by atoms with Gasteiger partial charge in [-0.3, -0.25) is 19.3 Å². The van der Waals surface area contributed by atoms with Gasteiger partial charge in [0.05, 0.1) is 22.8 Å². The predicted molar refractivity (Wildman–Crippen MR) is 118 cm³/mol. The minimum Gasteiger partial charge on any atom is -0.305 e. The number of carbonyl (C=O) groups is 2. The number of hydrogen-bond acceptors (Lipinski definition) is 4. The van der Waals surface area contributed by atoms with E-state index in [1.807, 2.05) is 6.92 Å². The highest BCUT2D eigenvalue weighted by Crippen LogP contribution is 2.37. The summed E-state index contributed by atoms with van der Waals surface area (Å²) in [4.78, 5) is 31.1. The minimum absolute atomic E-state index is 0. The highest BCUT2D eigenvalue weighted by molar-refractivity contribution is 7.59. The molecule has 0 N–H and O–H groups in total. The molecule has 0 fully saturated rings. The van der Waals surface area contributed by atoms with Crippen molar-refractivity contribution in [2.45, 2.75) is 25.6 Å². The first-order valence-corrected chi connectivity index (χ1v) is 9.73. The van der Waals surface area contributed by atoms with Gasteiger partial charge in [0, 0.05) is 42.2 Å². The van der Waals surface area contributed by atoms with Crippen molar-refractivity contribution in [1.82, 2.24) is 14.8 Å². The summed E-state index contributed by atoms with van der Waals surface area (Å²) in [5.74, 6) is -0.681. The first-order chi connectivity index (χ1) is 14.7. The van der Waals surface area contributed by atoms with Crippen LogP contribution in [0.25, 0.3) is 0 Å². The van der Waals surface area contributed by atoms with Crippen molar-refractivity contribution in [2.75, 3.05) is 11.4 Å². The molecule has 6 nitrogen and oxygen atoms in total. The summed E-state index contributed by atoms with van der Waals surface area (Å²) in [5, 5.41) is 3.76. The van der Waals surface area contributed by atoms with Crippen LogP contribution in [0.1, 0.15) is 44.9 Å². The van der Waals surface area contributed by atoms with Crippen LogP contribution in [0.2, 0.25) is 5.02 Å². The summed E-state index contributed by atoms with van der Waals surface area (Å²) in [7, 11) is 0. The average Bonchev–Trinajstić information content (AvgIpc) is 3.15. The van der Waals surface area contributed by atoms with Crippen LogP contribution in [0.3, 0.4) is 0 Å². The van der Waals surface area contributed by atoms with E-state index in [1.165, 1.54) is 28.0 Å². The van der Waals surface area contributed by atoms with E-state index in [4.69, 9.17) is 11.6 Å². The van der Waals surface area contributed by atoms with Gasteiger partial charge in [-0.2, -0.15) is 31.8 Å². The number of halogens is 4. The third-order valence-electron chi connectivity index (χ3n) is 5.09. The molecule has 4 rings (SSSR count). The second-order valence-electron chi connectivity index (χ2n) is 7.23. The fourth-order valence-corrected chi connectivity index (χ4v) is 3.86. The van der Waals surface area contributed by atoms with Gasteiger partial charge >= 0.3 is 6.18 Å². The van der Waals surface area contributed by atoms with Crippen LogP contribution in [-0.2, 0) is 12.6 Å². The number of fused-ring (bicyclic) bond motifs is 1. The number of benzene rings is 1. The SMILES string of the molecule is C[C@H]1CN(c2ccc(C(F)(F)F)c(Cl)c2)C(=O)c2c(CC(=O)c3cccnc3)cnn21.S. The van der Waals surface area contributed by atoms with E-state index in [-0.39, 0.29) is 49.7 Å². The van der Waals surface area contributed by atoms with Crippen LogP contribution in [0.15, 0.2) is 48.9 Å². The van der Waals surface area contributed by atoms with E-state index in [1.54, 1.807) is 18.3 Å². The second-order valence-corrected chi connectivity index (χ2v) is 7.64. The van der Waals surface area contributed by atoms with Crippen LogP contribution >= 0.6 is 25.1 Å². The third kappa shape index (κ3) is 4.37. The summed E-state index contributed by atoms with van der Waals surface area (Å²) < 4.78 is 40.6. The molecule has 168 valence electrons. The number of Topliss-reactive ketones (excluding diaryl/α,β-unsaturated/α-hetero) is 1. The Labute approximate surface area is 193 Å². The minimum atomic E-state index is -4.59. The summed E-state index contributed by atoms with van der Waals surface area (Å²) in [5.41, 5.74) is 0.348. The molecule has 0 spiro atoms. The van der Waals surface area contributed by atoms with Gasteiger partial charge in [-0.15, -0.1) is 0 Å². The number of pyridine rings is 1. The lowest BCUT2D eigenvalue weighted by molar-refractivity contribution is -0.137. The molecule has 1 amide bonds. The van der Waals surface area contributed by atoms with E-state index in [0.717, 1.165) is 12.1 Å². The van der Waals surface area contributed by atoms with Crippen LogP contribution in [0.4, 0.5) is 18.9 Å². The number of ketones is 1. The second kappa shape index (κ2) is 8.95. The Hall–Kier alpha value is -2.85. The lowest BCUT2D eigenvalue weighted by Gasteiger charge is -2.32. The molecule has 0 bridgehead atoms. The molecule has 3 aromatic rings. The topological polar surface area (TPSA) is 68.1 Å². The summed E-state index contributed by atoms with van der Waals surface area (Å²) in [6.07, 6.45) is -0.175. The molecule has 2 aromatic heterocycles. The van der Waals surface area contributed by atoms with Gasteiger partial charge in [0.25, 0.3) is 5.91 Å². The Morgan fingerprint density at radius 2 is 2.00 bits per heavy atom. The summed E-state index contributed by atoms with van der Waals surface area (Å²) in [6, 6.07) is 6.22. The van der Waals surface area contributed by atoms with Crippen molar-refractivity contribution < 1.29 is 22.8 Å². The van der Waals surface area contributed by atoms with Gasteiger partial charge in [-0.05, 0) is 37.3 Å². The molecule has 0 unspecified atom stereocenters. The zero-order chi connectivity index (χ0) is 22.3. The number of hydrogen-bond donors (Lipinski definition) is 0. The normalized spacial score (nSPS) is 15.8. The van der Waals surface area contributed by atoms with Crippen LogP contribution in [0.5, 0.6) is 0 Å². The number of rotatable bonds is 4. The van der Waals surface area contributed by atoms with Crippen LogP contribution in [0, 0.1) is 0 Å². The maximum atomic E-state index is 13.2. The lowest BCUT2D eigenvalue weighted by atomic mass is 10.0. The Kier molecular flexibility index (Phi) is 6.66. The highest BCUT2D eigenvalue weighted by atomic mass is 35.5. The monoisotopic (exact) mass is 482 g/mol. The number of carbonyl (C=O) groups excluding carboxylic acids is 2. The Morgan fingerprint density at radius 1 is 1.25 bits per heavy atom. The predicted octanol–water partition coefficient (Wildman–Crippen LogP) is 4.71. The molecular weight excluding hydrogens is 465 g/mol. The molecule has 11 heteroatoms. The quantitative estimate of drug-likeness (QED) is 0.505. The molecule has 3 heterocycles. The maximum absolute atomic E-state index is 13.2. The Balaban J connectivity index is 0.00000289. The summed E-state index contributed by atoms with van der Waals surface area (Å²) in [6.45, 7) is 2.03. The number of aromatic nitrogens is 3. The zero-order valence-electron chi connectivity index (χ0n) is 16.7. The van der Waals surface area contributed by atoms with Crippen molar-refractivity contribution in [3.05, 3.63) is 76.3 Å². The van der Waals surface area contributed by atoms with E-state index in [9.17, 15) is 22.8 Å². The van der Waals surface area contributed by atoms with Gasteiger partial charge in [0.15, 0.2) is 5.78 Å². The van der Waals surface area contributed by atoms with Gasteiger partial charge in [-0.25, -0.2) is 0 Å². The zero-order valence-corrected chi connectivity index (χ0v) is 18.5. The van der Waals surface area contributed by atoms with Crippen molar-refractivity contribution in [1.29, 1.82) is 0 Å². The molecule has 32 heavy (non-hydrogen) atoms. The van der Waals surface area contributed by atoms with Gasteiger partial charge in [0.1, 0.15) is 5.69 Å². The Morgan fingerprint density at radius 3 is 2.62 bits per heavy atom. The number of anilines is 1. The van der Waals surface area contributed by atoms with E-state index >= 15 is 0 Å². The number of amides is 1. The smallest absolute Gasteiger partial charge is 0.305 e. The highest BCUT2D eigenvalue weighted by Gasteiger charge is 2.36. The van der Waals surface area contributed by atoms with E-state index < -0.39 is 22.7 Å². The standard InChI is InChI=1S/C21H16ClF3N4O2.H2S/c1-12-11-28(15-4-5-16(17(22)8-15)21(23,24)25)20(31)19-14(10-27-29(12)19)7-18(30)13-3-2-6-26-9-13;/h2-6,8-10,12H,7,11H2,1H3;1H2/t12-;/m0./s1. The molecule has 0 saturated carbocycles. The first kappa shape index (κ1) is 23.8. The third-order valence-corrected chi connectivity index (χ3v) is 5.40. The molecule has 1 atom stereocenters. The Bertz CT molecular complexity index is 1170. The molecule has 0 aliphatic carbocycles. The molecule has 1 aliphatic heterocycles. The first-order valence-electron chi connectivity index (χ1n) is 9.35. The molecular formula is C21H18ClF3N4O2S. The van der Waals surface area contributed by atoms with Gasteiger partial charge < -0.3 is 4.90 Å². The van der Waals surface area contributed by atoms with E-state index in [2.05, 4.69) is 10.1 Å². The average molecular weight is 483 g/mol. The fourth-order valence-electron chi connectivity index (χ4n) is 3.58. The summed E-state index contributed by atoms with van der Waals surface area (Å²) >= 11 is 5.84. The number of nitrogens with zero attached hydrogens (tertiary/aromatic N) is 4. The van der Waals surface area contributed by atoms with E-state index in [0.29, 0.717) is 11.1 Å².